The van der Waals surface area contributed by atoms with E-state index in [4.69, 9.17) is 9.73 Å². The van der Waals surface area contributed by atoms with E-state index in [1.165, 1.54) is 5.56 Å². The van der Waals surface area contributed by atoms with Crippen LogP contribution in [-0.4, -0.2) is 60.5 Å². The third-order valence-electron chi connectivity index (χ3n) is 3.79. The van der Waals surface area contributed by atoms with Gasteiger partial charge in [0.05, 0.1) is 6.20 Å². The van der Waals surface area contributed by atoms with E-state index in [1.54, 1.807) is 7.11 Å². The summed E-state index contributed by atoms with van der Waals surface area (Å²) in [5.74, 6) is 1.58. The SMILES string of the molecule is CCNC(=NCCCOC)N1CCC(c2cnn(C)c2)C1.I. The van der Waals surface area contributed by atoms with Crippen LogP contribution in [0.25, 0.3) is 0 Å². The summed E-state index contributed by atoms with van der Waals surface area (Å²) >= 11 is 0. The van der Waals surface area contributed by atoms with Crippen LogP contribution in [0.3, 0.4) is 0 Å². The van der Waals surface area contributed by atoms with Gasteiger partial charge >= 0.3 is 0 Å². The Balaban J connectivity index is 0.00000242. The maximum atomic E-state index is 5.07. The number of methoxy groups -OCH3 is 1. The van der Waals surface area contributed by atoms with Gasteiger partial charge < -0.3 is 15.0 Å². The van der Waals surface area contributed by atoms with E-state index < -0.39 is 0 Å². The summed E-state index contributed by atoms with van der Waals surface area (Å²) in [4.78, 5) is 7.05. The number of ether oxygens (including phenoxy) is 1. The average Bonchev–Trinajstić information content (AvgIpc) is 3.11. The summed E-state index contributed by atoms with van der Waals surface area (Å²) in [6.45, 7) is 6.65. The van der Waals surface area contributed by atoms with Crippen molar-refractivity contribution in [1.29, 1.82) is 0 Å². The Labute approximate surface area is 150 Å². The molecule has 1 aromatic heterocycles. The van der Waals surface area contributed by atoms with Crippen LogP contribution in [0, 0.1) is 0 Å². The van der Waals surface area contributed by atoms with Crippen LogP contribution < -0.4 is 5.32 Å². The van der Waals surface area contributed by atoms with Gasteiger partial charge in [0.1, 0.15) is 0 Å². The van der Waals surface area contributed by atoms with Crippen LogP contribution in [0.4, 0.5) is 0 Å². The first-order valence-electron chi connectivity index (χ1n) is 7.75. The molecule has 0 amide bonds. The summed E-state index contributed by atoms with van der Waals surface area (Å²) in [7, 11) is 3.70. The van der Waals surface area contributed by atoms with Gasteiger partial charge in [-0.05, 0) is 25.3 Å². The van der Waals surface area contributed by atoms with Crippen molar-refractivity contribution in [1.82, 2.24) is 20.0 Å². The molecule has 1 N–H and O–H groups in total. The zero-order valence-electron chi connectivity index (χ0n) is 13.8. The van der Waals surface area contributed by atoms with Crippen molar-refractivity contribution < 1.29 is 4.74 Å². The average molecular weight is 421 g/mol. The van der Waals surface area contributed by atoms with Gasteiger partial charge in [0, 0.05) is 59.1 Å². The molecule has 0 aliphatic carbocycles. The van der Waals surface area contributed by atoms with Gasteiger partial charge in [-0.1, -0.05) is 0 Å². The quantitative estimate of drug-likeness (QED) is 0.330. The Hall–Kier alpha value is -0.830. The highest BCUT2D eigenvalue weighted by atomic mass is 127. The molecule has 1 saturated heterocycles. The van der Waals surface area contributed by atoms with Crippen molar-refractivity contribution in [2.45, 2.75) is 25.7 Å². The Kier molecular flexibility index (Phi) is 8.77. The maximum Gasteiger partial charge on any atom is 0.193 e. The normalized spacial score (nSPS) is 18.4. The lowest BCUT2D eigenvalue weighted by Gasteiger charge is -2.21. The highest BCUT2D eigenvalue weighted by molar-refractivity contribution is 14.0. The Morgan fingerprint density at radius 3 is 3.00 bits per heavy atom. The maximum absolute atomic E-state index is 5.07. The van der Waals surface area contributed by atoms with Crippen LogP contribution in [0.15, 0.2) is 17.4 Å². The Bertz CT molecular complexity index is 463. The minimum Gasteiger partial charge on any atom is -0.385 e. The van der Waals surface area contributed by atoms with Gasteiger partial charge in [0.25, 0.3) is 0 Å². The first-order valence-corrected chi connectivity index (χ1v) is 7.75. The third kappa shape index (κ3) is 5.42. The molecule has 1 aliphatic heterocycles. The highest BCUT2D eigenvalue weighted by Gasteiger charge is 2.26. The van der Waals surface area contributed by atoms with E-state index in [0.717, 1.165) is 51.6 Å². The molecule has 0 bridgehead atoms. The summed E-state index contributed by atoms with van der Waals surface area (Å²) in [5.41, 5.74) is 1.33. The highest BCUT2D eigenvalue weighted by Crippen LogP contribution is 2.26. The number of halogens is 1. The molecule has 0 saturated carbocycles. The number of guanidine groups is 1. The summed E-state index contributed by atoms with van der Waals surface area (Å²) in [5, 5.41) is 7.67. The lowest BCUT2D eigenvalue weighted by Crippen LogP contribution is -2.40. The first kappa shape index (κ1) is 19.2. The van der Waals surface area contributed by atoms with E-state index in [1.807, 2.05) is 17.9 Å². The van der Waals surface area contributed by atoms with E-state index in [9.17, 15) is 0 Å². The summed E-state index contributed by atoms with van der Waals surface area (Å²) < 4.78 is 6.95. The molecule has 7 heteroatoms. The topological polar surface area (TPSA) is 54.7 Å². The first-order chi connectivity index (χ1) is 10.2. The largest absolute Gasteiger partial charge is 0.385 e. The molecule has 2 heterocycles. The summed E-state index contributed by atoms with van der Waals surface area (Å²) in [6, 6.07) is 0. The Morgan fingerprint density at radius 2 is 2.36 bits per heavy atom. The molecule has 1 aliphatic rings. The minimum absolute atomic E-state index is 0. The van der Waals surface area contributed by atoms with Crippen molar-refractivity contribution in [3.63, 3.8) is 0 Å². The molecule has 126 valence electrons. The molecular weight excluding hydrogens is 393 g/mol. The molecule has 0 aromatic carbocycles. The van der Waals surface area contributed by atoms with Crippen molar-refractivity contribution in [2.75, 3.05) is 39.9 Å². The fraction of sp³-hybridized carbons (Fsp3) is 0.733. The van der Waals surface area contributed by atoms with Crippen molar-refractivity contribution in [3.05, 3.63) is 18.0 Å². The lowest BCUT2D eigenvalue weighted by molar-refractivity contribution is 0.197. The molecule has 0 spiro atoms. The van der Waals surface area contributed by atoms with Gasteiger partial charge in [-0.25, -0.2) is 0 Å². The second-order valence-electron chi connectivity index (χ2n) is 5.46. The number of nitrogens with zero attached hydrogens (tertiary/aromatic N) is 4. The Morgan fingerprint density at radius 1 is 1.55 bits per heavy atom. The minimum atomic E-state index is 0. The number of aryl methyl sites for hydroxylation is 1. The zero-order valence-corrected chi connectivity index (χ0v) is 16.1. The molecule has 1 aromatic rings. The monoisotopic (exact) mass is 421 g/mol. The van der Waals surface area contributed by atoms with Gasteiger partial charge in [-0.3, -0.25) is 9.67 Å². The van der Waals surface area contributed by atoms with Crippen LogP contribution in [0.2, 0.25) is 0 Å². The molecule has 2 rings (SSSR count). The second-order valence-corrected chi connectivity index (χ2v) is 5.46. The van der Waals surface area contributed by atoms with Gasteiger partial charge in [0.15, 0.2) is 5.96 Å². The van der Waals surface area contributed by atoms with Gasteiger partial charge in [-0.2, -0.15) is 5.10 Å². The number of aliphatic imine (C=N–C) groups is 1. The zero-order chi connectivity index (χ0) is 15.1. The van der Waals surface area contributed by atoms with Crippen LogP contribution in [-0.2, 0) is 11.8 Å². The number of nitrogens with one attached hydrogen (secondary N) is 1. The third-order valence-corrected chi connectivity index (χ3v) is 3.79. The predicted octanol–water partition coefficient (Wildman–Crippen LogP) is 1.83. The van der Waals surface area contributed by atoms with Gasteiger partial charge in [0.2, 0.25) is 0 Å². The number of likely N-dealkylation sites (tertiary alicyclic amines) is 1. The smallest absolute Gasteiger partial charge is 0.193 e. The van der Waals surface area contributed by atoms with E-state index in [2.05, 4.69) is 28.4 Å². The van der Waals surface area contributed by atoms with Crippen LogP contribution in [0.1, 0.15) is 31.2 Å². The van der Waals surface area contributed by atoms with E-state index in [0.29, 0.717) is 5.92 Å². The molecule has 22 heavy (non-hydrogen) atoms. The number of hydrogen-bond acceptors (Lipinski definition) is 3. The molecular formula is C15H28IN5O. The molecule has 0 radical (unpaired) electrons. The predicted molar refractivity (Wildman–Crippen MR) is 100 cm³/mol. The molecule has 1 unspecified atom stereocenters. The van der Waals surface area contributed by atoms with Crippen LogP contribution >= 0.6 is 24.0 Å². The van der Waals surface area contributed by atoms with Crippen molar-refractivity contribution >= 4 is 29.9 Å². The van der Waals surface area contributed by atoms with Crippen molar-refractivity contribution in [2.24, 2.45) is 12.0 Å². The standard InChI is InChI=1S/C15H27N5O.HI/c1-4-16-15(17-7-5-9-21-3)20-8-6-13(12-20)14-10-18-19(2)11-14;/h10-11,13H,4-9,12H2,1-3H3,(H,16,17);1H. The fourth-order valence-corrected chi connectivity index (χ4v) is 2.70. The van der Waals surface area contributed by atoms with Gasteiger partial charge in [-0.15, -0.1) is 24.0 Å². The summed E-state index contributed by atoms with van der Waals surface area (Å²) in [6.07, 6.45) is 6.23. The fourth-order valence-electron chi connectivity index (χ4n) is 2.70. The number of hydrogen-bond donors (Lipinski definition) is 1. The van der Waals surface area contributed by atoms with E-state index in [-0.39, 0.29) is 24.0 Å². The molecule has 6 nitrogen and oxygen atoms in total. The second kappa shape index (κ2) is 10.0. The molecule has 1 fully saturated rings. The molecule has 1 atom stereocenters. The van der Waals surface area contributed by atoms with Crippen molar-refractivity contribution in [3.8, 4) is 0 Å². The van der Waals surface area contributed by atoms with E-state index >= 15 is 0 Å². The van der Waals surface area contributed by atoms with Crippen LogP contribution in [0.5, 0.6) is 0 Å². The lowest BCUT2D eigenvalue weighted by atomic mass is 10.0. The number of aromatic nitrogens is 2. The number of rotatable bonds is 6.